The van der Waals surface area contributed by atoms with Crippen LogP contribution in [0, 0.1) is 0 Å². The molecule has 0 radical (unpaired) electrons. The van der Waals surface area contributed by atoms with Crippen LogP contribution in [0.4, 0.5) is 0 Å². The molecule has 0 nitrogen and oxygen atoms in total. The Morgan fingerprint density at radius 1 is 0.304 bits per heavy atom. The Morgan fingerprint density at radius 2 is 0.674 bits per heavy atom. The molecule has 230 valence electrons. The monoisotopic (exact) mass is 598 g/mol. The Kier molecular flexibility index (Phi) is 6.94. The Morgan fingerprint density at radius 3 is 1.17 bits per heavy atom. The van der Waals surface area contributed by atoms with Crippen LogP contribution < -0.4 is 0 Å². The second kappa shape index (κ2) is 10.6. The van der Waals surface area contributed by atoms with Gasteiger partial charge in [0.25, 0.3) is 0 Å². The Balaban J connectivity index is 1.62. The minimum absolute atomic E-state index is 0.0341. The molecule has 7 aromatic carbocycles. The predicted octanol–water partition coefficient (Wildman–Crippen LogP) is 13.5. The van der Waals surface area contributed by atoms with E-state index in [1.807, 2.05) is 0 Å². The molecule has 0 heterocycles. The summed E-state index contributed by atoms with van der Waals surface area (Å²) in [5, 5.41) is 10.4. The Hall–Kier alpha value is -4.42. The summed E-state index contributed by atoms with van der Waals surface area (Å²) >= 11 is 0. The first-order chi connectivity index (χ1) is 21.7. The molecule has 0 aromatic heterocycles. The minimum atomic E-state index is 0.0341. The van der Waals surface area contributed by atoms with Crippen molar-refractivity contribution in [3.8, 4) is 22.3 Å². The van der Waals surface area contributed by atoms with Gasteiger partial charge in [-0.05, 0) is 123 Å². The zero-order valence-corrected chi connectivity index (χ0v) is 29.0. The van der Waals surface area contributed by atoms with Gasteiger partial charge in [-0.1, -0.05) is 153 Å². The summed E-state index contributed by atoms with van der Waals surface area (Å²) < 4.78 is 0. The molecule has 0 aliphatic heterocycles. The molecule has 0 amide bonds. The van der Waals surface area contributed by atoms with Crippen molar-refractivity contribution in [1.82, 2.24) is 0 Å². The van der Waals surface area contributed by atoms with Crippen LogP contribution in [0.2, 0.25) is 0 Å². The standard InChI is InChI=1S/C46H46/c1-44(2,3)35-19-18-31-25-34(17-15-32(31)26-35)43-39-23-21-36(45(4,5)6)27-40(39)42(33-16-14-29-12-10-11-13-30(29)24-33)38-22-20-37(28-41(38)43)46(7,8)9/h10-28H,1-9H3. The summed E-state index contributed by atoms with van der Waals surface area (Å²) in [5.41, 5.74) is 9.44. The van der Waals surface area contributed by atoms with E-state index in [1.165, 1.54) is 82.0 Å². The quantitative estimate of drug-likeness (QED) is 0.174. The van der Waals surface area contributed by atoms with Crippen molar-refractivity contribution in [2.75, 3.05) is 0 Å². The molecule has 0 saturated carbocycles. The SMILES string of the molecule is CC(C)(C)c1ccc2cc(-c3c4ccc(C(C)(C)C)cc4c(-c4ccc5ccccc5c4)c4ccc(C(C)(C)C)cc34)ccc2c1. The lowest BCUT2D eigenvalue weighted by Gasteiger charge is -2.25. The summed E-state index contributed by atoms with van der Waals surface area (Å²) in [5.74, 6) is 0. The molecule has 46 heavy (non-hydrogen) atoms. The fourth-order valence-electron chi connectivity index (χ4n) is 7.00. The molecule has 0 aliphatic carbocycles. The smallest absolute Gasteiger partial charge is 0.00260 e. The summed E-state index contributed by atoms with van der Waals surface area (Å²) in [6, 6.07) is 44.2. The average Bonchev–Trinajstić information content (AvgIpc) is 3.01. The fourth-order valence-corrected chi connectivity index (χ4v) is 7.00. The lowest BCUT2D eigenvalue weighted by Crippen LogP contribution is -2.11. The number of fused-ring (bicyclic) bond motifs is 4. The highest BCUT2D eigenvalue weighted by Gasteiger charge is 2.23. The highest BCUT2D eigenvalue weighted by atomic mass is 14.3. The van der Waals surface area contributed by atoms with Crippen LogP contribution in [0.15, 0.2) is 115 Å². The molecular formula is C46H46. The molecule has 0 aliphatic rings. The van der Waals surface area contributed by atoms with E-state index >= 15 is 0 Å². The molecule has 0 fully saturated rings. The molecule has 0 atom stereocenters. The van der Waals surface area contributed by atoms with E-state index in [1.54, 1.807) is 0 Å². The van der Waals surface area contributed by atoms with Crippen LogP contribution in [-0.4, -0.2) is 0 Å². The molecular weight excluding hydrogens is 553 g/mol. The third-order valence-electron chi connectivity index (χ3n) is 9.88. The fraction of sp³-hybridized carbons (Fsp3) is 0.261. The first kappa shape index (κ1) is 30.2. The lowest BCUT2D eigenvalue weighted by molar-refractivity contribution is 0.590. The third-order valence-corrected chi connectivity index (χ3v) is 9.88. The van der Waals surface area contributed by atoms with Crippen LogP contribution in [0.5, 0.6) is 0 Å². The zero-order valence-electron chi connectivity index (χ0n) is 29.0. The van der Waals surface area contributed by atoms with Crippen LogP contribution >= 0.6 is 0 Å². The summed E-state index contributed by atoms with van der Waals surface area (Å²) in [7, 11) is 0. The van der Waals surface area contributed by atoms with E-state index in [4.69, 9.17) is 0 Å². The van der Waals surface area contributed by atoms with Gasteiger partial charge in [-0.15, -0.1) is 0 Å². The van der Waals surface area contributed by atoms with Crippen LogP contribution in [0.1, 0.15) is 79.0 Å². The van der Waals surface area contributed by atoms with Crippen molar-refractivity contribution >= 4 is 43.1 Å². The van der Waals surface area contributed by atoms with Crippen molar-refractivity contribution in [3.05, 3.63) is 132 Å². The number of benzene rings is 7. The van der Waals surface area contributed by atoms with Crippen LogP contribution in [-0.2, 0) is 16.2 Å². The van der Waals surface area contributed by atoms with Crippen molar-refractivity contribution < 1.29 is 0 Å². The van der Waals surface area contributed by atoms with Crippen molar-refractivity contribution in [1.29, 1.82) is 0 Å². The topological polar surface area (TPSA) is 0 Å². The van der Waals surface area contributed by atoms with Gasteiger partial charge in [-0.3, -0.25) is 0 Å². The third kappa shape index (κ3) is 5.28. The number of hydrogen-bond donors (Lipinski definition) is 0. The predicted molar refractivity (Wildman–Crippen MR) is 203 cm³/mol. The van der Waals surface area contributed by atoms with Crippen LogP contribution in [0.3, 0.4) is 0 Å². The van der Waals surface area contributed by atoms with Gasteiger partial charge in [-0.2, -0.15) is 0 Å². The second-order valence-electron chi connectivity index (χ2n) is 16.4. The maximum absolute atomic E-state index is 2.47. The highest BCUT2D eigenvalue weighted by molar-refractivity contribution is 6.22. The maximum Gasteiger partial charge on any atom is -0.00260 e. The molecule has 0 spiro atoms. The molecule has 0 heteroatoms. The van der Waals surface area contributed by atoms with Crippen LogP contribution in [0.25, 0.3) is 65.3 Å². The first-order valence-corrected chi connectivity index (χ1v) is 16.8. The van der Waals surface area contributed by atoms with Crippen molar-refractivity contribution in [2.45, 2.75) is 78.6 Å². The largest absolute Gasteiger partial charge is 0.0616 e. The normalized spacial score (nSPS) is 12.9. The minimum Gasteiger partial charge on any atom is -0.0616 e. The number of rotatable bonds is 2. The van der Waals surface area contributed by atoms with E-state index in [9.17, 15) is 0 Å². The summed E-state index contributed by atoms with van der Waals surface area (Å²) in [4.78, 5) is 0. The Labute approximate surface area is 275 Å². The molecule has 0 saturated heterocycles. The first-order valence-electron chi connectivity index (χ1n) is 16.8. The Bertz CT molecular complexity index is 2290. The molecule has 7 rings (SSSR count). The highest BCUT2D eigenvalue weighted by Crippen LogP contribution is 2.47. The van der Waals surface area contributed by atoms with E-state index in [-0.39, 0.29) is 16.2 Å². The van der Waals surface area contributed by atoms with E-state index < -0.39 is 0 Å². The van der Waals surface area contributed by atoms with Gasteiger partial charge in [0.15, 0.2) is 0 Å². The lowest BCUT2D eigenvalue weighted by atomic mass is 9.79. The van der Waals surface area contributed by atoms with Crippen molar-refractivity contribution in [3.63, 3.8) is 0 Å². The van der Waals surface area contributed by atoms with Gasteiger partial charge in [0, 0.05) is 0 Å². The van der Waals surface area contributed by atoms with Gasteiger partial charge in [0.1, 0.15) is 0 Å². The van der Waals surface area contributed by atoms with Gasteiger partial charge < -0.3 is 0 Å². The maximum atomic E-state index is 2.47. The number of hydrogen-bond acceptors (Lipinski definition) is 0. The van der Waals surface area contributed by atoms with Gasteiger partial charge in [0.2, 0.25) is 0 Å². The van der Waals surface area contributed by atoms with Gasteiger partial charge in [-0.25, -0.2) is 0 Å². The van der Waals surface area contributed by atoms with Crippen molar-refractivity contribution in [2.24, 2.45) is 0 Å². The van der Waals surface area contributed by atoms with Gasteiger partial charge in [0.05, 0.1) is 0 Å². The molecule has 0 bridgehead atoms. The summed E-state index contributed by atoms with van der Waals surface area (Å²) in [6.07, 6.45) is 0. The summed E-state index contributed by atoms with van der Waals surface area (Å²) in [6.45, 7) is 20.8. The zero-order chi connectivity index (χ0) is 32.6. The van der Waals surface area contributed by atoms with E-state index in [2.05, 4.69) is 178 Å². The van der Waals surface area contributed by atoms with Gasteiger partial charge >= 0.3 is 0 Å². The molecule has 0 N–H and O–H groups in total. The molecule has 0 unspecified atom stereocenters. The molecule has 7 aromatic rings. The van der Waals surface area contributed by atoms with E-state index in [0.29, 0.717) is 0 Å². The second-order valence-corrected chi connectivity index (χ2v) is 16.4. The average molecular weight is 599 g/mol. The van der Waals surface area contributed by atoms with E-state index in [0.717, 1.165) is 0 Å².